The van der Waals surface area contributed by atoms with Crippen LogP contribution in [0.15, 0.2) is 96.1 Å². The number of halogens is 1. The number of hydrogen-bond donors (Lipinski definition) is 0. The number of carbonyl (C=O) groups excluding carboxylic acids is 1. The van der Waals surface area contributed by atoms with Gasteiger partial charge in [-0.15, -0.1) is 0 Å². The molecule has 1 nitrogen and oxygen atoms in total. The molecule has 0 amide bonds. The van der Waals surface area contributed by atoms with Gasteiger partial charge in [0.1, 0.15) is 5.82 Å². The lowest BCUT2D eigenvalue weighted by atomic mass is 9.69. The minimum Gasteiger partial charge on any atom is -0.295 e. The number of ketones is 1. The van der Waals surface area contributed by atoms with Crippen molar-refractivity contribution in [3.05, 3.63) is 135 Å². The molecule has 2 heteroatoms. The van der Waals surface area contributed by atoms with Gasteiger partial charge in [-0.25, -0.2) is 4.39 Å². The first-order valence-corrected chi connectivity index (χ1v) is 14.2. The van der Waals surface area contributed by atoms with Crippen LogP contribution in [0.1, 0.15) is 79.3 Å². The van der Waals surface area contributed by atoms with Crippen molar-refractivity contribution in [2.75, 3.05) is 0 Å². The van der Waals surface area contributed by atoms with Crippen molar-refractivity contribution in [2.45, 2.75) is 58.8 Å². The van der Waals surface area contributed by atoms with E-state index in [1.54, 1.807) is 19.1 Å². The molecule has 6 rings (SSSR count). The van der Waals surface area contributed by atoms with Crippen LogP contribution in [0.5, 0.6) is 0 Å². The lowest BCUT2D eigenvalue weighted by Crippen LogP contribution is -2.18. The van der Waals surface area contributed by atoms with Crippen molar-refractivity contribution < 1.29 is 9.18 Å². The van der Waals surface area contributed by atoms with Crippen molar-refractivity contribution in [2.24, 2.45) is 5.92 Å². The third kappa shape index (κ3) is 4.78. The molecule has 3 aromatic rings. The van der Waals surface area contributed by atoms with Crippen LogP contribution in [0.4, 0.5) is 4.39 Å². The summed E-state index contributed by atoms with van der Waals surface area (Å²) >= 11 is 0. The summed E-state index contributed by atoms with van der Waals surface area (Å²) in [5, 5.41) is 0. The minimum atomic E-state index is -0.194. The molecule has 0 fully saturated rings. The van der Waals surface area contributed by atoms with Gasteiger partial charge < -0.3 is 0 Å². The molecular formula is C37H35FO. The van der Waals surface area contributed by atoms with E-state index >= 15 is 0 Å². The molecular weight excluding hydrogens is 479 g/mol. The Hall–Kier alpha value is -3.78. The van der Waals surface area contributed by atoms with Crippen LogP contribution in [0, 0.1) is 11.7 Å². The van der Waals surface area contributed by atoms with Crippen LogP contribution in [0.25, 0.3) is 16.7 Å². The zero-order valence-corrected chi connectivity index (χ0v) is 23.1. The maximum absolute atomic E-state index is 13.7. The SMILES string of the molecule is CCc1ccc(C2=C(C)c3c(CCC4=CC=C(C(C)=O)C4)cccc3C3CC(c4ccc(F)cc4)=CC23)cc1. The summed E-state index contributed by atoms with van der Waals surface area (Å²) in [6.07, 6.45) is 11.3. The molecule has 2 unspecified atom stereocenters. The van der Waals surface area contributed by atoms with Gasteiger partial charge in [-0.1, -0.05) is 85.3 Å². The zero-order chi connectivity index (χ0) is 27.1. The van der Waals surface area contributed by atoms with Gasteiger partial charge in [-0.3, -0.25) is 4.79 Å². The predicted octanol–water partition coefficient (Wildman–Crippen LogP) is 9.30. The Morgan fingerprint density at radius 1 is 0.923 bits per heavy atom. The van der Waals surface area contributed by atoms with E-state index in [-0.39, 0.29) is 11.6 Å². The van der Waals surface area contributed by atoms with Crippen molar-refractivity contribution in [3.8, 4) is 0 Å². The van der Waals surface area contributed by atoms with Gasteiger partial charge in [-0.05, 0) is 120 Å². The Balaban J connectivity index is 1.40. The molecule has 0 aliphatic heterocycles. The highest BCUT2D eigenvalue weighted by Crippen LogP contribution is 2.55. The molecule has 0 heterocycles. The molecule has 196 valence electrons. The fraction of sp³-hybridized carbons (Fsp3) is 0.270. The second-order valence-electron chi connectivity index (χ2n) is 11.3. The third-order valence-corrected chi connectivity index (χ3v) is 8.94. The smallest absolute Gasteiger partial charge is 0.156 e. The topological polar surface area (TPSA) is 17.1 Å². The van der Waals surface area contributed by atoms with Crippen molar-refractivity contribution in [3.63, 3.8) is 0 Å². The quantitative estimate of drug-likeness (QED) is 0.307. The molecule has 2 atom stereocenters. The molecule has 3 aliphatic rings. The lowest BCUT2D eigenvalue weighted by Gasteiger charge is -2.34. The fourth-order valence-electron chi connectivity index (χ4n) is 6.83. The molecule has 3 aliphatic carbocycles. The third-order valence-electron chi connectivity index (χ3n) is 8.94. The van der Waals surface area contributed by atoms with Crippen molar-refractivity contribution in [1.82, 2.24) is 0 Å². The predicted molar refractivity (Wildman–Crippen MR) is 160 cm³/mol. The second kappa shape index (κ2) is 10.4. The summed E-state index contributed by atoms with van der Waals surface area (Å²) in [6, 6.07) is 22.9. The van der Waals surface area contributed by atoms with E-state index in [1.165, 1.54) is 50.1 Å². The summed E-state index contributed by atoms with van der Waals surface area (Å²) in [7, 11) is 0. The first-order chi connectivity index (χ1) is 18.9. The highest BCUT2D eigenvalue weighted by Gasteiger charge is 2.39. The molecule has 0 aromatic heterocycles. The molecule has 0 radical (unpaired) electrons. The van der Waals surface area contributed by atoms with Crippen LogP contribution in [0.3, 0.4) is 0 Å². The van der Waals surface area contributed by atoms with Crippen LogP contribution >= 0.6 is 0 Å². The molecule has 0 saturated heterocycles. The van der Waals surface area contributed by atoms with Crippen molar-refractivity contribution >= 4 is 22.5 Å². The van der Waals surface area contributed by atoms with Gasteiger partial charge >= 0.3 is 0 Å². The van der Waals surface area contributed by atoms with E-state index in [4.69, 9.17) is 0 Å². The largest absolute Gasteiger partial charge is 0.295 e. The van der Waals surface area contributed by atoms with Crippen molar-refractivity contribution in [1.29, 1.82) is 0 Å². The van der Waals surface area contributed by atoms with E-state index in [2.05, 4.69) is 68.5 Å². The summed E-state index contributed by atoms with van der Waals surface area (Å²) in [5.41, 5.74) is 14.3. The number of rotatable bonds is 7. The Kier molecular flexibility index (Phi) is 6.81. The molecule has 39 heavy (non-hydrogen) atoms. The van der Waals surface area contributed by atoms with Gasteiger partial charge in [0.2, 0.25) is 0 Å². The number of Topliss-reactive ketones (excluding diaryl/α,β-unsaturated/α-hetero) is 1. The molecule has 0 bridgehead atoms. The first kappa shape index (κ1) is 25.5. The van der Waals surface area contributed by atoms with E-state index < -0.39 is 0 Å². The van der Waals surface area contributed by atoms with Gasteiger partial charge in [0.15, 0.2) is 5.78 Å². The number of allylic oxidation sites excluding steroid dienone is 8. The van der Waals surface area contributed by atoms with E-state index in [0.29, 0.717) is 11.8 Å². The summed E-state index contributed by atoms with van der Waals surface area (Å²) in [5.74, 6) is 0.633. The number of aryl methyl sites for hydroxylation is 2. The van der Waals surface area contributed by atoms with Gasteiger partial charge in [0.05, 0.1) is 0 Å². The lowest BCUT2D eigenvalue weighted by molar-refractivity contribution is -0.113. The Morgan fingerprint density at radius 3 is 2.36 bits per heavy atom. The van der Waals surface area contributed by atoms with E-state index in [1.807, 2.05) is 18.2 Å². The Bertz CT molecular complexity index is 1560. The first-order valence-electron chi connectivity index (χ1n) is 14.2. The maximum Gasteiger partial charge on any atom is 0.156 e. The Morgan fingerprint density at radius 2 is 1.67 bits per heavy atom. The number of hydrogen-bond acceptors (Lipinski definition) is 1. The van der Waals surface area contributed by atoms with Crippen LogP contribution in [0.2, 0.25) is 0 Å². The van der Waals surface area contributed by atoms with E-state index in [9.17, 15) is 9.18 Å². The summed E-state index contributed by atoms with van der Waals surface area (Å²) in [6.45, 7) is 6.16. The highest BCUT2D eigenvalue weighted by atomic mass is 19.1. The van der Waals surface area contributed by atoms with Gasteiger partial charge in [-0.2, -0.15) is 0 Å². The zero-order valence-electron chi connectivity index (χ0n) is 23.1. The molecule has 0 spiro atoms. The number of carbonyl (C=O) groups is 1. The number of fused-ring (bicyclic) bond motifs is 3. The summed E-state index contributed by atoms with van der Waals surface area (Å²) in [4.78, 5) is 11.8. The average molecular weight is 515 g/mol. The molecule has 3 aromatic carbocycles. The van der Waals surface area contributed by atoms with Gasteiger partial charge in [0.25, 0.3) is 0 Å². The van der Waals surface area contributed by atoms with Crippen LogP contribution in [-0.2, 0) is 17.6 Å². The molecule has 0 N–H and O–H groups in total. The highest BCUT2D eigenvalue weighted by molar-refractivity contribution is 5.98. The maximum atomic E-state index is 13.7. The Labute approximate surface area is 231 Å². The molecule has 0 saturated carbocycles. The summed E-state index contributed by atoms with van der Waals surface area (Å²) < 4.78 is 13.7. The normalized spacial score (nSPS) is 19.8. The second-order valence-corrected chi connectivity index (χ2v) is 11.3. The van der Waals surface area contributed by atoms with E-state index in [0.717, 1.165) is 43.2 Å². The van der Waals surface area contributed by atoms with Gasteiger partial charge in [0, 0.05) is 5.92 Å². The standard InChI is InChI=1S/C37H35FO/c1-4-25-8-12-29(13-9-25)37-23(2)36-28(14-10-26-11-15-30(20-26)24(3)39)6-5-7-33(36)34-21-31(22-35(34)37)27-16-18-32(38)19-17-27/h5-9,11-13,15-19,22,34-35H,4,10,14,20-21H2,1-3H3. The average Bonchev–Trinajstić information content (AvgIpc) is 3.61. The van der Waals surface area contributed by atoms with Crippen LogP contribution in [-0.4, -0.2) is 5.78 Å². The fourth-order valence-corrected chi connectivity index (χ4v) is 6.83. The number of benzene rings is 3. The monoisotopic (exact) mass is 514 g/mol. The minimum absolute atomic E-state index is 0.174. The van der Waals surface area contributed by atoms with Crippen LogP contribution < -0.4 is 0 Å².